The van der Waals surface area contributed by atoms with Crippen LogP contribution < -0.4 is 30.7 Å². The standard InChI is InChI=1S/C35H39Cl3N6O6/c1-4-49-34-21(18-39-12-14-45)16-25(36)30(43-34)32(47)41-27-10-6-8-23(20(27)3)24-9-7-11-28(29(24)38)42-33(48)31-26(37)17-22(19-40-13-15-46)35(44-31)50-5-2/h6-11,16-17,39-40,45-46H,4-5,12-15,18-19H2,1-3H3,(H,41,47)(H,42,48). The number of halogens is 3. The Balaban J connectivity index is 1.58. The molecule has 12 nitrogen and oxygen atoms in total. The molecule has 0 atom stereocenters. The second kappa shape index (κ2) is 18.8. The quantitative estimate of drug-likeness (QED) is 0.0719. The fraction of sp³-hybridized carbons (Fsp3) is 0.314. The van der Waals surface area contributed by atoms with Gasteiger partial charge in [-0.15, -0.1) is 0 Å². The number of pyridine rings is 2. The molecular weight excluding hydrogens is 707 g/mol. The second-order valence-electron chi connectivity index (χ2n) is 10.8. The Morgan fingerprint density at radius 2 is 1.18 bits per heavy atom. The first-order valence-corrected chi connectivity index (χ1v) is 17.0. The molecule has 6 N–H and O–H groups in total. The number of hydrogen-bond donors (Lipinski definition) is 6. The number of nitrogens with zero attached hydrogens (tertiary/aromatic N) is 2. The molecule has 2 aromatic heterocycles. The molecular formula is C35H39Cl3N6O6. The minimum absolute atomic E-state index is 0.0113. The Morgan fingerprint density at radius 1 is 0.720 bits per heavy atom. The number of carbonyl (C=O) groups excluding carboxylic acids is 2. The van der Waals surface area contributed by atoms with Gasteiger partial charge in [-0.05, 0) is 56.2 Å². The molecule has 2 heterocycles. The lowest BCUT2D eigenvalue weighted by Gasteiger charge is -2.17. The molecule has 2 aromatic carbocycles. The van der Waals surface area contributed by atoms with E-state index in [1.807, 2.05) is 19.9 Å². The highest BCUT2D eigenvalue weighted by molar-refractivity contribution is 6.37. The number of amides is 2. The number of benzene rings is 2. The van der Waals surface area contributed by atoms with Crippen molar-refractivity contribution in [3.8, 4) is 22.9 Å². The highest BCUT2D eigenvalue weighted by Crippen LogP contribution is 2.38. The second-order valence-corrected chi connectivity index (χ2v) is 12.0. The van der Waals surface area contributed by atoms with E-state index < -0.39 is 11.8 Å². The third-order valence-electron chi connectivity index (χ3n) is 7.35. The SMILES string of the molecule is CCOc1nc(C(=O)Nc2cccc(-c3cccc(NC(=O)c4nc(OCC)c(CNCCO)cc4Cl)c3Cl)c2C)c(Cl)cc1CNCCO. The third-order valence-corrected chi connectivity index (χ3v) is 8.33. The van der Waals surface area contributed by atoms with Gasteiger partial charge in [0.2, 0.25) is 11.8 Å². The summed E-state index contributed by atoms with van der Waals surface area (Å²) in [6.45, 7) is 7.46. The van der Waals surface area contributed by atoms with Crippen molar-refractivity contribution in [1.29, 1.82) is 0 Å². The summed E-state index contributed by atoms with van der Waals surface area (Å²) in [5, 5.41) is 30.5. The molecule has 0 saturated carbocycles. The van der Waals surface area contributed by atoms with Crippen molar-refractivity contribution in [2.45, 2.75) is 33.9 Å². The lowest BCUT2D eigenvalue weighted by molar-refractivity contribution is 0.101. The van der Waals surface area contributed by atoms with E-state index in [9.17, 15) is 9.59 Å². The molecule has 2 amide bonds. The van der Waals surface area contributed by atoms with E-state index in [1.54, 1.807) is 49.4 Å². The Morgan fingerprint density at radius 3 is 1.66 bits per heavy atom. The number of aromatic nitrogens is 2. The van der Waals surface area contributed by atoms with Crippen LogP contribution in [0.4, 0.5) is 11.4 Å². The molecule has 0 radical (unpaired) electrons. The van der Waals surface area contributed by atoms with Crippen LogP contribution in [0.3, 0.4) is 0 Å². The minimum Gasteiger partial charge on any atom is -0.478 e. The summed E-state index contributed by atoms with van der Waals surface area (Å²) in [7, 11) is 0. The van der Waals surface area contributed by atoms with Crippen LogP contribution in [-0.4, -0.2) is 71.5 Å². The Bertz CT molecular complexity index is 1700. The van der Waals surface area contributed by atoms with Crippen LogP contribution in [0.25, 0.3) is 11.1 Å². The first-order chi connectivity index (χ1) is 24.1. The molecule has 0 aliphatic rings. The van der Waals surface area contributed by atoms with Gasteiger partial charge in [-0.2, -0.15) is 0 Å². The maximum absolute atomic E-state index is 13.4. The van der Waals surface area contributed by atoms with Gasteiger partial charge in [0.15, 0.2) is 11.4 Å². The van der Waals surface area contributed by atoms with Crippen LogP contribution in [0.5, 0.6) is 11.8 Å². The van der Waals surface area contributed by atoms with Gasteiger partial charge in [0, 0.05) is 48.6 Å². The highest BCUT2D eigenvalue weighted by Gasteiger charge is 2.22. The Labute approximate surface area is 305 Å². The molecule has 4 aromatic rings. The molecule has 0 aliphatic heterocycles. The molecule has 266 valence electrons. The van der Waals surface area contributed by atoms with Crippen molar-refractivity contribution in [3.05, 3.63) is 91.7 Å². The number of aliphatic hydroxyl groups excluding tert-OH is 2. The fourth-order valence-electron chi connectivity index (χ4n) is 4.98. The van der Waals surface area contributed by atoms with Gasteiger partial charge >= 0.3 is 0 Å². The molecule has 0 saturated heterocycles. The largest absolute Gasteiger partial charge is 0.478 e. The lowest BCUT2D eigenvalue weighted by atomic mass is 9.98. The van der Waals surface area contributed by atoms with E-state index in [0.29, 0.717) is 78.6 Å². The van der Waals surface area contributed by atoms with Gasteiger partial charge in [0.1, 0.15) is 0 Å². The number of aliphatic hydroxyl groups is 2. The zero-order valence-corrected chi connectivity index (χ0v) is 30.1. The number of nitrogens with one attached hydrogen (secondary N) is 4. The average Bonchev–Trinajstić information content (AvgIpc) is 3.09. The maximum Gasteiger partial charge on any atom is 0.276 e. The zero-order valence-electron chi connectivity index (χ0n) is 27.8. The van der Waals surface area contributed by atoms with E-state index in [4.69, 9.17) is 54.5 Å². The molecule has 15 heteroatoms. The van der Waals surface area contributed by atoms with Crippen molar-refractivity contribution in [1.82, 2.24) is 20.6 Å². The fourth-order valence-corrected chi connectivity index (χ4v) is 5.78. The summed E-state index contributed by atoms with van der Waals surface area (Å²) in [5.74, 6) is -0.614. The van der Waals surface area contributed by atoms with Gasteiger partial charge in [0.05, 0.1) is 47.2 Å². The molecule has 0 bridgehead atoms. The summed E-state index contributed by atoms with van der Waals surface area (Å²) < 4.78 is 11.3. The summed E-state index contributed by atoms with van der Waals surface area (Å²) in [6, 6.07) is 13.8. The first-order valence-electron chi connectivity index (χ1n) is 15.9. The molecule has 0 unspecified atom stereocenters. The van der Waals surface area contributed by atoms with Crippen molar-refractivity contribution in [2.24, 2.45) is 0 Å². The van der Waals surface area contributed by atoms with Crippen LogP contribution in [0.1, 0.15) is 51.5 Å². The van der Waals surface area contributed by atoms with Crippen LogP contribution >= 0.6 is 34.8 Å². The molecule has 0 fully saturated rings. The average molecular weight is 746 g/mol. The van der Waals surface area contributed by atoms with Crippen LogP contribution in [0.15, 0.2) is 48.5 Å². The van der Waals surface area contributed by atoms with Crippen molar-refractivity contribution >= 4 is 58.0 Å². The molecule has 0 spiro atoms. The predicted molar refractivity (Wildman–Crippen MR) is 196 cm³/mol. The normalized spacial score (nSPS) is 11.0. The molecule has 0 aliphatic carbocycles. The summed E-state index contributed by atoms with van der Waals surface area (Å²) in [5.41, 5.74) is 4.06. The number of ether oxygens (including phenoxy) is 2. The Kier molecular flexibility index (Phi) is 14.6. The topological polar surface area (TPSA) is 167 Å². The number of hydrogen-bond acceptors (Lipinski definition) is 10. The van der Waals surface area contributed by atoms with Gasteiger partial charge < -0.3 is 41.0 Å². The summed E-state index contributed by atoms with van der Waals surface area (Å²) in [6.07, 6.45) is 0. The highest BCUT2D eigenvalue weighted by atomic mass is 35.5. The first kappa shape index (κ1) is 38.8. The number of carbonyl (C=O) groups is 2. The smallest absolute Gasteiger partial charge is 0.276 e. The maximum atomic E-state index is 13.4. The van der Waals surface area contributed by atoms with Crippen molar-refractivity contribution in [2.75, 3.05) is 50.2 Å². The van der Waals surface area contributed by atoms with E-state index in [1.165, 1.54) is 0 Å². The van der Waals surface area contributed by atoms with Crippen molar-refractivity contribution < 1.29 is 29.3 Å². The van der Waals surface area contributed by atoms with Crippen molar-refractivity contribution in [3.63, 3.8) is 0 Å². The van der Waals surface area contributed by atoms with Gasteiger partial charge in [-0.25, -0.2) is 9.97 Å². The predicted octanol–water partition coefficient (Wildman–Crippen LogP) is 5.88. The van der Waals surface area contributed by atoms with Crippen LogP contribution in [0, 0.1) is 6.92 Å². The molecule has 50 heavy (non-hydrogen) atoms. The van der Waals surface area contributed by atoms with E-state index in [2.05, 4.69) is 31.2 Å². The minimum atomic E-state index is -0.589. The van der Waals surface area contributed by atoms with Gasteiger partial charge in [-0.3, -0.25) is 9.59 Å². The number of rotatable bonds is 17. The van der Waals surface area contributed by atoms with E-state index in [0.717, 1.165) is 0 Å². The zero-order chi connectivity index (χ0) is 36.2. The van der Waals surface area contributed by atoms with E-state index in [-0.39, 0.29) is 51.4 Å². The summed E-state index contributed by atoms with van der Waals surface area (Å²) >= 11 is 19.9. The lowest BCUT2D eigenvalue weighted by Crippen LogP contribution is -2.20. The molecule has 4 rings (SSSR count). The summed E-state index contributed by atoms with van der Waals surface area (Å²) in [4.78, 5) is 35.6. The number of anilines is 2. The monoisotopic (exact) mass is 744 g/mol. The van der Waals surface area contributed by atoms with Crippen LogP contribution in [-0.2, 0) is 13.1 Å². The van der Waals surface area contributed by atoms with E-state index >= 15 is 0 Å². The third kappa shape index (κ3) is 9.61. The Hall–Kier alpha value is -4.01. The van der Waals surface area contributed by atoms with Gasteiger partial charge in [-0.1, -0.05) is 59.1 Å². The van der Waals surface area contributed by atoms with Gasteiger partial charge in [0.25, 0.3) is 11.8 Å². The van der Waals surface area contributed by atoms with Crippen LogP contribution in [0.2, 0.25) is 15.1 Å².